The minimum Gasteiger partial charge on any atom is -0.481 e. The van der Waals surface area contributed by atoms with Crippen LogP contribution in [0.3, 0.4) is 0 Å². The zero-order chi connectivity index (χ0) is 11.3. The van der Waals surface area contributed by atoms with Gasteiger partial charge in [0.15, 0.2) is 5.03 Å². The van der Waals surface area contributed by atoms with E-state index in [1.54, 1.807) is 0 Å². The topological polar surface area (TPSA) is 65.3 Å². The highest BCUT2D eigenvalue weighted by molar-refractivity contribution is 7.99. The summed E-state index contributed by atoms with van der Waals surface area (Å²) in [4.78, 5) is 14.2. The lowest BCUT2D eigenvalue weighted by Gasteiger charge is -2.03. The molecule has 0 aliphatic heterocycles. The van der Waals surface area contributed by atoms with Gasteiger partial charge in [-0.1, -0.05) is 11.8 Å². The van der Waals surface area contributed by atoms with Crippen LogP contribution in [0.1, 0.15) is 0 Å². The molecule has 0 bridgehead atoms. The van der Waals surface area contributed by atoms with E-state index in [4.69, 9.17) is 16.3 Å². The van der Waals surface area contributed by atoms with Crippen LogP contribution in [0.15, 0.2) is 17.2 Å². The average molecular weight is 249 g/mol. The second-order valence-corrected chi connectivity index (χ2v) is 3.93. The number of ether oxygens (including phenoxy) is 1. The first-order valence-corrected chi connectivity index (χ1v) is 5.59. The molecule has 0 aromatic carbocycles. The molecule has 0 aliphatic rings. The average Bonchev–Trinajstić information content (AvgIpc) is 2.25. The molecule has 1 heterocycles. The molecule has 0 saturated heterocycles. The maximum Gasteiger partial charge on any atom is 0.301 e. The predicted octanol–water partition coefficient (Wildman–Crippen LogP) is 2.33. The summed E-state index contributed by atoms with van der Waals surface area (Å²) in [6.07, 6.45) is 0. The van der Waals surface area contributed by atoms with Gasteiger partial charge in [0, 0.05) is 23.8 Å². The summed E-state index contributed by atoms with van der Waals surface area (Å²) in [6, 6.07) is 2.84. The largest absolute Gasteiger partial charge is 0.481 e. The third-order valence-corrected chi connectivity index (χ3v) is 2.93. The normalized spacial score (nSPS) is 10.0. The van der Waals surface area contributed by atoms with Gasteiger partial charge in [-0.3, -0.25) is 10.1 Å². The zero-order valence-electron chi connectivity index (χ0n) is 7.97. The van der Waals surface area contributed by atoms with Gasteiger partial charge in [0.05, 0.1) is 12.0 Å². The van der Waals surface area contributed by atoms with Gasteiger partial charge in [0.25, 0.3) is 0 Å². The number of nitrogens with zero attached hydrogens (tertiary/aromatic N) is 2. The van der Waals surface area contributed by atoms with Crippen molar-refractivity contribution in [3.8, 4) is 5.88 Å². The van der Waals surface area contributed by atoms with Crippen molar-refractivity contribution in [2.45, 2.75) is 5.03 Å². The summed E-state index contributed by atoms with van der Waals surface area (Å²) in [5.74, 6) is 1.35. The lowest BCUT2D eigenvalue weighted by Crippen LogP contribution is -1.96. The highest BCUT2D eigenvalue weighted by Gasteiger charge is 2.16. The van der Waals surface area contributed by atoms with E-state index in [9.17, 15) is 10.1 Å². The van der Waals surface area contributed by atoms with E-state index in [0.717, 1.165) is 0 Å². The zero-order valence-corrected chi connectivity index (χ0v) is 9.55. The summed E-state index contributed by atoms with van der Waals surface area (Å²) < 4.78 is 4.89. The molecule has 7 heteroatoms. The summed E-state index contributed by atoms with van der Waals surface area (Å²) in [7, 11) is 1.46. The molecule has 1 rings (SSSR count). The lowest BCUT2D eigenvalue weighted by atomic mass is 10.4. The van der Waals surface area contributed by atoms with E-state index in [2.05, 4.69) is 4.98 Å². The van der Waals surface area contributed by atoms with Crippen molar-refractivity contribution in [1.29, 1.82) is 0 Å². The third-order valence-electron chi connectivity index (χ3n) is 1.54. The smallest absolute Gasteiger partial charge is 0.301 e. The number of rotatable bonds is 5. The maximum absolute atomic E-state index is 10.7. The Bertz CT molecular complexity index is 362. The van der Waals surface area contributed by atoms with Crippen LogP contribution in [0.4, 0.5) is 5.69 Å². The Labute approximate surface area is 95.9 Å². The molecule has 0 unspecified atom stereocenters. The molecule has 5 nitrogen and oxygen atoms in total. The lowest BCUT2D eigenvalue weighted by molar-refractivity contribution is -0.388. The van der Waals surface area contributed by atoms with Gasteiger partial charge in [-0.2, -0.15) is 4.98 Å². The van der Waals surface area contributed by atoms with Gasteiger partial charge in [-0.25, -0.2) is 0 Å². The van der Waals surface area contributed by atoms with E-state index in [1.807, 2.05) is 0 Å². The predicted molar refractivity (Wildman–Crippen MR) is 58.9 cm³/mol. The molecule has 0 radical (unpaired) electrons. The fourth-order valence-electron chi connectivity index (χ4n) is 0.910. The Morgan fingerprint density at radius 1 is 1.67 bits per heavy atom. The van der Waals surface area contributed by atoms with Crippen LogP contribution in [-0.2, 0) is 0 Å². The summed E-state index contributed by atoms with van der Waals surface area (Å²) in [5.41, 5.74) is -0.0223. The molecule has 0 saturated carbocycles. The Morgan fingerprint density at radius 3 is 2.93 bits per heavy atom. The minimum atomic E-state index is -0.469. The number of hydrogen-bond donors (Lipinski definition) is 0. The van der Waals surface area contributed by atoms with Gasteiger partial charge >= 0.3 is 5.69 Å². The number of nitro groups is 1. The first-order chi connectivity index (χ1) is 7.19. The molecule has 0 amide bonds. The molecular formula is C8H9ClN2O3S. The van der Waals surface area contributed by atoms with Crippen molar-refractivity contribution in [3.05, 3.63) is 22.2 Å². The minimum absolute atomic E-state index is 0.0223. The van der Waals surface area contributed by atoms with E-state index >= 15 is 0 Å². The van der Waals surface area contributed by atoms with Crippen molar-refractivity contribution in [2.75, 3.05) is 18.7 Å². The van der Waals surface area contributed by atoms with Crippen molar-refractivity contribution >= 4 is 29.1 Å². The molecular weight excluding hydrogens is 240 g/mol. The highest BCUT2D eigenvalue weighted by Crippen LogP contribution is 2.29. The number of halogens is 1. The van der Waals surface area contributed by atoms with Crippen molar-refractivity contribution in [1.82, 2.24) is 4.98 Å². The van der Waals surface area contributed by atoms with E-state index in [0.29, 0.717) is 22.5 Å². The standard InChI is InChI=1S/C8H9ClN2O3S/c1-14-7-3-2-6(11(12)13)8(10-7)15-5-4-9/h2-3H,4-5H2,1H3. The Kier molecular flexibility index (Phi) is 4.64. The number of thioether (sulfide) groups is 1. The van der Waals surface area contributed by atoms with Crippen molar-refractivity contribution < 1.29 is 9.66 Å². The van der Waals surface area contributed by atoms with Crippen LogP contribution in [0.25, 0.3) is 0 Å². The highest BCUT2D eigenvalue weighted by atomic mass is 35.5. The van der Waals surface area contributed by atoms with Crippen molar-refractivity contribution in [3.63, 3.8) is 0 Å². The quantitative estimate of drug-likeness (QED) is 0.346. The summed E-state index contributed by atoms with van der Waals surface area (Å²) in [5, 5.41) is 11.0. The Hall–Kier alpha value is -1.01. The van der Waals surface area contributed by atoms with Crippen LogP contribution < -0.4 is 4.74 Å². The molecule has 0 N–H and O–H groups in total. The molecule has 1 aromatic rings. The first-order valence-electron chi connectivity index (χ1n) is 4.07. The Balaban J connectivity index is 2.99. The van der Waals surface area contributed by atoms with E-state index in [-0.39, 0.29) is 5.69 Å². The van der Waals surface area contributed by atoms with Gasteiger partial charge in [-0.05, 0) is 0 Å². The number of pyridine rings is 1. The number of hydrogen-bond acceptors (Lipinski definition) is 5. The number of methoxy groups -OCH3 is 1. The first kappa shape index (κ1) is 12.1. The molecule has 82 valence electrons. The molecule has 0 aliphatic carbocycles. The Morgan fingerprint density at radius 2 is 2.40 bits per heavy atom. The second kappa shape index (κ2) is 5.77. The van der Waals surface area contributed by atoms with Crippen LogP contribution in [0, 0.1) is 10.1 Å². The molecule has 0 fully saturated rings. The van der Waals surface area contributed by atoms with Crippen molar-refractivity contribution in [2.24, 2.45) is 0 Å². The van der Waals surface area contributed by atoms with Crippen LogP contribution in [-0.4, -0.2) is 28.6 Å². The monoisotopic (exact) mass is 248 g/mol. The molecule has 0 atom stereocenters. The summed E-state index contributed by atoms with van der Waals surface area (Å²) >= 11 is 6.75. The van der Waals surface area contributed by atoms with Gasteiger partial charge in [-0.15, -0.1) is 11.6 Å². The summed E-state index contributed by atoms with van der Waals surface area (Å²) in [6.45, 7) is 0. The van der Waals surface area contributed by atoms with Crippen LogP contribution in [0.5, 0.6) is 5.88 Å². The number of alkyl halides is 1. The maximum atomic E-state index is 10.7. The molecule has 0 spiro atoms. The third kappa shape index (κ3) is 3.24. The SMILES string of the molecule is COc1ccc([N+](=O)[O-])c(SCCCl)n1. The fraction of sp³-hybridized carbons (Fsp3) is 0.375. The van der Waals surface area contributed by atoms with Crippen LogP contribution in [0.2, 0.25) is 0 Å². The van der Waals surface area contributed by atoms with Gasteiger partial charge in [0.1, 0.15) is 0 Å². The van der Waals surface area contributed by atoms with Gasteiger partial charge < -0.3 is 4.74 Å². The van der Waals surface area contributed by atoms with E-state index in [1.165, 1.54) is 31.0 Å². The molecule has 15 heavy (non-hydrogen) atoms. The van der Waals surface area contributed by atoms with Crippen LogP contribution >= 0.6 is 23.4 Å². The van der Waals surface area contributed by atoms with Gasteiger partial charge in [0.2, 0.25) is 5.88 Å². The number of aromatic nitrogens is 1. The fourth-order valence-corrected chi connectivity index (χ4v) is 1.86. The second-order valence-electron chi connectivity index (χ2n) is 2.47. The van der Waals surface area contributed by atoms with E-state index < -0.39 is 4.92 Å². The molecule has 1 aromatic heterocycles.